The topological polar surface area (TPSA) is 84.7 Å². The minimum atomic E-state index is -0.631. The molecule has 1 aromatic carbocycles. The summed E-state index contributed by atoms with van der Waals surface area (Å²) < 4.78 is 23.5. The number of nitrogens with one attached hydrogen (secondary N) is 1. The zero-order chi connectivity index (χ0) is 18.6. The smallest absolute Gasteiger partial charge is 0.360 e. The number of esters is 1. The second kappa shape index (κ2) is 7.33. The van der Waals surface area contributed by atoms with Crippen molar-refractivity contribution in [1.29, 1.82) is 0 Å². The number of benzene rings is 1. The number of carbonyl (C=O) groups is 2. The average molecular weight is 349 g/mol. The van der Waals surface area contributed by atoms with E-state index in [9.17, 15) is 14.0 Å². The molecule has 0 radical (unpaired) electrons. The molecular weight excluding hydrogens is 329 g/mol. The van der Waals surface area contributed by atoms with Gasteiger partial charge in [0.05, 0.1) is 19.3 Å². The van der Waals surface area contributed by atoms with Crippen LogP contribution in [0.5, 0.6) is 0 Å². The first-order chi connectivity index (χ1) is 11.7. The van der Waals surface area contributed by atoms with Crippen LogP contribution in [-0.2, 0) is 11.3 Å². The molecule has 0 unspecified atom stereocenters. The molecule has 0 aliphatic rings. The van der Waals surface area contributed by atoms with Gasteiger partial charge in [0.2, 0.25) is 5.89 Å². The van der Waals surface area contributed by atoms with Crippen molar-refractivity contribution in [3.8, 4) is 0 Å². The van der Waals surface area contributed by atoms with Crippen LogP contribution in [0.25, 0.3) is 0 Å². The summed E-state index contributed by atoms with van der Waals surface area (Å²) in [6.45, 7) is 5.45. The highest BCUT2D eigenvalue weighted by Crippen LogP contribution is 2.20. The molecule has 2 rings (SSSR count). The Labute approximate surface area is 144 Å². The third-order valence-corrected chi connectivity index (χ3v) is 3.41. The number of para-hydroxylation sites is 1. The normalized spacial score (nSPS) is 11.1. The van der Waals surface area contributed by atoms with Crippen LogP contribution in [0.15, 0.2) is 34.9 Å². The molecule has 0 saturated heterocycles. The third-order valence-electron chi connectivity index (χ3n) is 3.41. The number of amides is 2. The molecule has 0 fully saturated rings. The van der Waals surface area contributed by atoms with Gasteiger partial charge in [-0.15, -0.1) is 0 Å². The van der Waals surface area contributed by atoms with Crippen molar-refractivity contribution in [2.45, 2.75) is 32.9 Å². The summed E-state index contributed by atoms with van der Waals surface area (Å²) in [7, 11) is 1.24. The number of carbonyl (C=O) groups excluding carboxylic acids is 2. The van der Waals surface area contributed by atoms with E-state index < -0.39 is 23.4 Å². The zero-order valence-electron chi connectivity index (χ0n) is 14.5. The number of aromatic nitrogens is 1. The van der Waals surface area contributed by atoms with Crippen LogP contribution < -0.4 is 5.32 Å². The lowest BCUT2D eigenvalue weighted by Gasteiger charge is -2.34. The fraction of sp³-hybridized carbons (Fsp3) is 0.353. The number of halogens is 1. The summed E-state index contributed by atoms with van der Waals surface area (Å²) in [5.74, 6) is -0.999. The fourth-order valence-corrected chi connectivity index (χ4v) is 2.08. The van der Waals surface area contributed by atoms with E-state index in [-0.39, 0.29) is 23.8 Å². The molecule has 0 bridgehead atoms. The van der Waals surface area contributed by atoms with Crippen molar-refractivity contribution in [1.82, 2.24) is 9.88 Å². The second-order valence-corrected chi connectivity index (χ2v) is 6.29. The molecule has 2 amide bonds. The molecule has 7 nitrogen and oxygen atoms in total. The largest absolute Gasteiger partial charge is 0.464 e. The van der Waals surface area contributed by atoms with Gasteiger partial charge in [0.15, 0.2) is 5.69 Å². The van der Waals surface area contributed by atoms with Crippen LogP contribution in [0.3, 0.4) is 0 Å². The van der Waals surface area contributed by atoms with Crippen molar-refractivity contribution in [2.24, 2.45) is 0 Å². The van der Waals surface area contributed by atoms with Gasteiger partial charge < -0.3 is 19.4 Å². The molecule has 1 aromatic heterocycles. The Bertz CT molecular complexity index is 767. The lowest BCUT2D eigenvalue weighted by atomic mass is 10.1. The van der Waals surface area contributed by atoms with Gasteiger partial charge in [-0.3, -0.25) is 0 Å². The van der Waals surface area contributed by atoms with Gasteiger partial charge in [0.1, 0.15) is 12.1 Å². The van der Waals surface area contributed by atoms with E-state index in [4.69, 9.17) is 4.42 Å². The fourth-order valence-electron chi connectivity index (χ4n) is 2.08. The second-order valence-electron chi connectivity index (χ2n) is 6.29. The van der Waals surface area contributed by atoms with Crippen molar-refractivity contribution in [3.05, 3.63) is 47.9 Å². The summed E-state index contributed by atoms with van der Waals surface area (Å²) in [5, 5.41) is 2.53. The monoisotopic (exact) mass is 349 g/mol. The summed E-state index contributed by atoms with van der Waals surface area (Å²) >= 11 is 0. The van der Waals surface area contributed by atoms with Crippen molar-refractivity contribution < 1.29 is 23.1 Å². The van der Waals surface area contributed by atoms with Crippen molar-refractivity contribution >= 4 is 17.7 Å². The quantitative estimate of drug-likeness (QED) is 0.855. The number of rotatable bonds is 4. The van der Waals surface area contributed by atoms with Crippen molar-refractivity contribution in [2.75, 3.05) is 12.4 Å². The lowest BCUT2D eigenvalue weighted by Crippen LogP contribution is -2.47. The van der Waals surface area contributed by atoms with Gasteiger partial charge in [0, 0.05) is 5.54 Å². The molecule has 1 N–H and O–H groups in total. The van der Waals surface area contributed by atoms with Gasteiger partial charge in [-0.25, -0.2) is 19.0 Å². The van der Waals surface area contributed by atoms with E-state index in [1.165, 1.54) is 30.2 Å². The highest BCUT2D eigenvalue weighted by atomic mass is 19.1. The van der Waals surface area contributed by atoms with Crippen LogP contribution in [-0.4, -0.2) is 34.5 Å². The molecule has 0 aliphatic heterocycles. The number of oxazole rings is 1. The minimum absolute atomic E-state index is 0.000774. The SMILES string of the molecule is COC(=O)c1coc(CN(C(=O)Nc2ccccc2F)C(C)(C)C)n1. The van der Waals surface area contributed by atoms with Gasteiger partial charge in [-0.2, -0.15) is 0 Å². The molecule has 0 aliphatic carbocycles. The predicted octanol–water partition coefficient (Wildman–Crippen LogP) is 3.43. The maximum absolute atomic E-state index is 13.8. The summed E-state index contributed by atoms with van der Waals surface area (Å²) in [6.07, 6.45) is 1.16. The molecule has 134 valence electrons. The zero-order valence-corrected chi connectivity index (χ0v) is 14.5. The van der Waals surface area contributed by atoms with E-state index in [0.717, 1.165) is 6.26 Å². The molecular formula is C17H20FN3O4. The van der Waals surface area contributed by atoms with Crippen LogP contribution in [0.1, 0.15) is 37.2 Å². The van der Waals surface area contributed by atoms with E-state index in [0.29, 0.717) is 0 Å². The third kappa shape index (κ3) is 4.56. The minimum Gasteiger partial charge on any atom is -0.464 e. The summed E-state index contributed by atoms with van der Waals surface area (Å²) in [4.78, 5) is 29.5. The number of hydrogen-bond acceptors (Lipinski definition) is 5. The van der Waals surface area contributed by atoms with Gasteiger partial charge >= 0.3 is 12.0 Å². The molecule has 8 heteroatoms. The molecule has 25 heavy (non-hydrogen) atoms. The van der Waals surface area contributed by atoms with E-state index in [2.05, 4.69) is 15.0 Å². The van der Waals surface area contributed by atoms with Crippen molar-refractivity contribution in [3.63, 3.8) is 0 Å². The number of urea groups is 1. The van der Waals surface area contributed by atoms with Crippen LogP contribution in [0, 0.1) is 5.82 Å². The average Bonchev–Trinajstić information content (AvgIpc) is 3.01. The number of hydrogen-bond donors (Lipinski definition) is 1. The number of ether oxygens (including phenoxy) is 1. The highest BCUT2D eigenvalue weighted by Gasteiger charge is 2.29. The van der Waals surface area contributed by atoms with Gasteiger partial charge in [0.25, 0.3) is 0 Å². The first-order valence-corrected chi connectivity index (χ1v) is 7.58. The Morgan fingerprint density at radius 3 is 2.60 bits per heavy atom. The first kappa shape index (κ1) is 18.4. The summed E-state index contributed by atoms with van der Waals surface area (Å²) in [5.41, 5.74) is -0.514. The molecule has 2 aromatic rings. The molecule has 1 heterocycles. The highest BCUT2D eigenvalue weighted by molar-refractivity contribution is 5.90. The lowest BCUT2D eigenvalue weighted by molar-refractivity contribution is 0.0594. The Morgan fingerprint density at radius 2 is 2.00 bits per heavy atom. The van der Waals surface area contributed by atoms with Gasteiger partial charge in [-0.05, 0) is 32.9 Å². The summed E-state index contributed by atoms with van der Waals surface area (Å²) in [6, 6.07) is 5.36. The molecule has 0 atom stereocenters. The maximum atomic E-state index is 13.8. The molecule has 0 spiro atoms. The van der Waals surface area contributed by atoms with E-state index in [1.54, 1.807) is 6.07 Å². The Balaban J connectivity index is 2.19. The van der Waals surface area contributed by atoms with Crippen LogP contribution >= 0.6 is 0 Å². The maximum Gasteiger partial charge on any atom is 0.360 e. The standard InChI is InChI=1S/C17H20FN3O4/c1-17(2,3)21(9-14-19-13(10-25-14)15(22)24-4)16(23)20-12-8-6-5-7-11(12)18/h5-8,10H,9H2,1-4H3,(H,20,23). The van der Waals surface area contributed by atoms with E-state index >= 15 is 0 Å². The Morgan fingerprint density at radius 1 is 1.32 bits per heavy atom. The predicted molar refractivity (Wildman–Crippen MR) is 88.6 cm³/mol. The number of anilines is 1. The Kier molecular flexibility index (Phi) is 5.41. The van der Waals surface area contributed by atoms with Crippen LogP contribution in [0.2, 0.25) is 0 Å². The number of methoxy groups -OCH3 is 1. The Hall–Kier alpha value is -2.90. The first-order valence-electron chi connectivity index (χ1n) is 7.58. The van der Waals surface area contributed by atoms with Gasteiger partial charge in [-0.1, -0.05) is 12.1 Å². The van der Waals surface area contributed by atoms with Crippen LogP contribution in [0.4, 0.5) is 14.9 Å². The van der Waals surface area contributed by atoms with E-state index in [1.807, 2.05) is 20.8 Å². The number of nitrogens with zero attached hydrogens (tertiary/aromatic N) is 2. The molecule has 0 saturated carbocycles.